The van der Waals surface area contributed by atoms with E-state index in [0.29, 0.717) is 24.7 Å². The fraction of sp³-hybridized carbons (Fsp3) is 0.500. The van der Waals surface area contributed by atoms with Crippen LogP contribution >= 0.6 is 0 Å². The number of nitrogens with one attached hydrogen (secondary N) is 2. The van der Waals surface area contributed by atoms with Crippen LogP contribution in [0.3, 0.4) is 0 Å². The van der Waals surface area contributed by atoms with Gasteiger partial charge in [0.05, 0.1) is 18.1 Å². The number of hydrogen-bond acceptors (Lipinski definition) is 8. The fourth-order valence-electron chi connectivity index (χ4n) is 3.88. The zero-order valence-corrected chi connectivity index (χ0v) is 19.4. The molecule has 0 saturated carbocycles. The summed E-state index contributed by atoms with van der Waals surface area (Å²) in [6, 6.07) is -0.268. The molecule has 0 aliphatic carbocycles. The maximum absolute atomic E-state index is 12.5. The number of nitrogens with zero attached hydrogens (tertiary/aromatic N) is 6. The third-order valence-corrected chi connectivity index (χ3v) is 5.49. The molecule has 4 heterocycles. The zero-order chi connectivity index (χ0) is 23.0. The van der Waals surface area contributed by atoms with Crippen LogP contribution in [-0.4, -0.2) is 43.7 Å². The maximum atomic E-state index is 12.5. The van der Waals surface area contributed by atoms with E-state index in [2.05, 4.69) is 30.7 Å². The third kappa shape index (κ3) is 4.30. The quantitative estimate of drug-likeness (QED) is 0.578. The summed E-state index contributed by atoms with van der Waals surface area (Å²) in [5.41, 5.74) is 2.39. The van der Waals surface area contributed by atoms with E-state index in [0.717, 1.165) is 28.7 Å². The summed E-state index contributed by atoms with van der Waals surface area (Å²) in [6.45, 7) is 11.1. The first-order valence-electron chi connectivity index (χ1n) is 10.8. The molecule has 0 saturated heterocycles. The Hall–Kier alpha value is -3.43. The number of oxazole rings is 1. The van der Waals surface area contributed by atoms with Crippen molar-refractivity contribution in [3.05, 3.63) is 41.5 Å². The molecule has 2 N–H and O–H groups in total. The first kappa shape index (κ1) is 21.8. The van der Waals surface area contributed by atoms with E-state index >= 15 is 0 Å². The lowest BCUT2D eigenvalue weighted by molar-refractivity contribution is -0.118. The molecule has 1 unspecified atom stereocenters. The average Bonchev–Trinajstić information content (AvgIpc) is 3.37. The van der Waals surface area contributed by atoms with Gasteiger partial charge in [-0.3, -0.25) is 9.48 Å². The Labute approximate surface area is 187 Å². The van der Waals surface area contributed by atoms with Gasteiger partial charge in [-0.1, -0.05) is 27.7 Å². The molecule has 0 aromatic carbocycles. The Bertz CT molecular complexity index is 1120. The van der Waals surface area contributed by atoms with Gasteiger partial charge in [0.2, 0.25) is 11.9 Å². The summed E-state index contributed by atoms with van der Waals surface area (Å²) in [7, 11) is 1.90. The largest absolute Gasteiger partial charge is 0.443 e. The predicted octanol–water partition coefficient (Wildman–Crippen LogP) is 3.17. The number of fused-ring (bicyclic) bond motifs is 1. The molecule has 1 aliphatic rings. The SMILES string of the molecule is Cc1nc(NCc2cnn(Cc3cnc(C(C)C)o3)c2)nc2c1NC(=O)C(C(C)C)N2C. The lowest BCUT2D eigenvalue weighted by atomic mass is 9.99. The van der Waals surface area contributed by atoms with Crippen molar-refractivity contribution in [2.75, 3.05) is 22.6 Å². The van der Waals surface area contributed by atoms with Crippen LogP contribution in [0.4, 0.5) is 17.5 Å². The van der Waals surface area contributed by atoms with Crippen LogP contribution in [0.1, 0.15) is 56.5 Å². The van der Waals surface area contributed by atoms with Crippen molar-refractivity contribution in [2.24, 2.45) is 5.92 Å². The first-order valence-corrected chi connectivity index (χ1v) is 10.8. The molecule has 1 amide bonds. The Kier molecular flexibility index (Phi) is 5.86. The predicted molar refractivity (Wildman–Crippen MR) is 122 cm³/mol. The van der Waals surface area contributed by atoms with Crippen molar-refractivity contribution < 1.29 is 9.21 Å². The number of carbonyl (C=O) groups is 1. The molecule has 4 rings (SSSR count). The highest BCUT2D eigenvalue weighted by molar-refractivity contribution is 6.03. The van der Waals surface area contributed by atoms with E-state index in [1.807, 2.05) is 57.4 Å². The van der Waals surface area contributed by atoms with Gasteiger partial charge in [0.15, 0.2) is 11.7 Å². The summed E-state index contributed by atoms with van der Waals surface area (Å²) in [5.74, 6) is 3.12. The summed E-state index contributed by atoms with van der Waals surface area (Å²) < 4.78 is 7.57. The van der Waals surface area contributed by atoms with E-state index in [1.165, 1.54) is 0 Å². The number of hydrogen-bond donors (Lipinski definition) is 2. The van der Waals surface area contributed by atoms with E-state index in [-0.39, 0.29) is 23.8 Å². The molecule has 1 aliphatic heterocycles. The number of aromatic nitrogens is 5. The van der Waals surface area contributed by atoms with Gasteiger partial charge >= 0.3 is 0 Å². The van der Waals surface area contributed by atoms with Gasteiger partial charge in [0, 0.05) is 31.3 Å². The van der Waals surface area contributed by atoms with Gasteiger partial charge in [-0.15, -0.1) is 0 Å². The van der Waals surface area contributed by atoms with Gasteiger partial charge < -0.3 is 20.0 Å². The fourth-order valence-corrected chi connectivity index (χ4v) is 3.88. The molecule has 3 aromatic heterocycles. The molecule has 0 bridgehead atoms. The van der Waals surface area contributed by atoms with E-state index in [4.69, 9.17) is 4.42 Å². The van der Waals surface area contributed by atoms with Crippen molar-refractivity contribution in [3.8, 4) is 0 Å². The molecule has 0 radical (unpaired) electrons. The summed E-state index contributed by atoms with van der Waals surface area (Å²) in [5, 5.41) is 10.6. The van der Waals surface area contributed by atoms with Crippen LogP contribution < -0.4 is 15.5 Å². The molecule has 32 heavy (non-hydrogen) atoms. The number of anilines is 3. The molecule has 1 atom stereocenters. The smallest absolute Gasteiger partial charge is 0.247 e. The molecular weight excluding hydrogens is 408 g/mol. The minimum absolute atomic E-state index is 0.0258. The highest BCUT2D eigenvalue weighted by Crippen LogP contribution is 2.34. The summed E-state index contributed by atoms with van der Waals surface area (Å²) in [6.07, 6.45) is 5.51. The second kappa shape index (κ2) is 8.60. The average molecular weight is 439 g/mol. The Morgan fingerprint density at radius 3 is 2.69 bits per heavy atom. The summed E-state index contributed by atoms with van der Waals surface area (Å²) >= 11 is 0. The molecule has 0 spiro atoms. The third-order valence-electron chi connectivity index (χ3n) is 5.49. The second-order valence-corrected chi connectivity index (χ2v) is 8.84. The maximum Gasteiger partial charge on any atom is 0.247 e. The molecule has 170 valence electrons. The lowest BCUT2D eigenvalue weighted by Gasteiger charge is -2.36. The van der Waals surface area contributed by atoms with Crippen LogP contribution in [-0.2, 0) is 17.9 Å². The lowest BCUT2D eigenvalue weighted by Crippen LogP contribution is -2.49. The van der Waals surface area contributed by atoms with Gasteiger partial charge in [0.1, 0.15) is 24.0 Å². The van der Waals surface area contributed by atoms with Crippen LogP contribution in [0.15, 0.2) is 23.0 Å². The van der Waals surface area contributed by atoms with E-state index in [9.17, 15) is 4.79 Å². The number of rotatable bonds is 7. The van der Waals surface area contributed by atoms with Crippen LogP contribution in [0.25, 0.3) is 0 Å². The minimum Gasteiger partial charge on any atom is -0.443 e. The number of aryl methyl sites for hydroxylation is 1. The Morgan fingerprint density at radius 1 is 1.22 bits per heavy atom. The number of carbonyl (C=O) groups excluding carboxylic acids is 1. The van der Waals surface area contributed by atoms with Crippen molar-refractivity contribution in [1.29, 1.82) is 0 Å². The van der Waals surface area contributed by atoms with Gasteiger partial charge in [0.25, 0.3) is 0 Å². The zero-order valence-electron chi connectivity index (χ0n) is 19.4. The standard InChI is InChI=1S/C22H30N8O2/c1-12(2)18-20(31)27-17-14(5)26-22(28-19(17)29(18)6)24-7-15-8-25-30(10-15)11-16-9-23-21(32-16)13(3)4/h8-10,12-13,18H,7,11H2,1-6H3,(H,27,31)(H,24,26,28). The summed E-state index contributed by atoms with van der Waals surface area (Å²) in [4.78, 5) is 27.9. The highest BCUT2D eigenvalue weighted by atomic mass is 16.4. The van der Waals surface area contributed by atoms with Crippen molar-refractivity contribution in [1.82, 2.24) is 24.7 Å². The topological polar surface area (TPSA) is 114 Å². The van der Waals surface area contributed by atoms with Crippen molar-refractivity contribution in [2.45, 2.75) is 59.7 Å². The second-order valence-electron chi connectivity index (χ2n) is 8.84. The van der Waals surface area contributed by atoms with Crippen LogP contribution in [0.2, 0.25) is 0 Å². The molecule has 0 fully saturated rings. The van der Waals surface area contributed by atoms with Gasteiger partial charge in [-0.2, -0.15) is 10.1 Å². The van der Waals surface area contributed by atoms with Crippen LogP contribution in [0, 0.1) is 12.8 Å². The Balaban J connectivity index is 1.45. The number of likely N-dealkylation sites (N-methyl/N-ethyl adjacent to an activating group) is 1. The van der Waals surface area contributed by atoms with Gasteiger partial charge in [-0.25, -0.2) is 9.97 Å². The van der Waals surface area contributed by atoms with E-state index in [1.54, 1.807) is 12.4 Å². The number of amides is 1. The first-order chi connectivity index (χ1) is 15.2. The molecule has 3 aromatic rings. The monoisotopic (exact) mass is 438 g/mol. The van der Waals surface area contributed by atoms with Crippen molar-refractivity contribution >= 4 is 23.4 Å². The van der Waals surface area contributed by atoms with Gasteiger partial charge in [-0.05, 0) is 12.8 Å². The molecular formula is C22H30N8O2. The van der Waals surface area contributed by atoms with Crippen molar-refractivity contribution in [3.63, 3.8) is 0 Å². The normalized spacial score (nSPS) is 15.9. The van der Waals surface area contributed by atoms with E-state index < -0.39 is 0 Å². The Morgan fingerprint density at radius 2 is 2.00 bits per heavy atom. The minimum atomic E-state index is -0.268. The molecule has 10 heteroatoms. The highest BCUT2D eigenvalue weighted by Gasteiger charge is 2.35. The molecule has 10 nitrogen and oxygen atoms in total. The van der Waals surface area contributed by atoms with Crippen LogP contribution in [0.5, 0.6) is 0 Å².